The van der Waals surface area contributed by atoms with E-state index in [4.69, 9.17) is 0 Å². The van der Waals surface area contributed by atoms with Gasteiger partial charge >= 0.3 is 0 Å². The maximum absolute atomic E-state index is 11.4. The Hall–Kier alpha value is -1.56. The van der Waals surface area contributed by atoms with Gasteiger partial charge in [0.05, 0.1) is 4.90 Å². The van der Waals surface area contributed by atoms with E-state index >= 15 is 0 Å². The summed E-state index contributed by atoms with van der Waals surface area (Å²) in [5, 5.41) is 6.71. The normalized spacial score (nSPS) is 13.6. The predicted octanol–water partition coefficient (Wildman–Crippen LogP) is 2.77. The molecule has 1 aromatic carbocycles. The number of nitrogens with zero attached hydrogens (tertiary/aromatic N) is 1. The molecule has 1 unspecified atom stereocenters. The Kier molecular flexibility index (Phi) is 8.82. The fraction of sp³-hybridized carbons (Fsp3) is 0.611. The first kappa shape index (κ1) is 20.5. The molecule has 0 radical (unpaired) electrons. The largest absolute Gasteiger partial charge is 0.356 e. The van der Waals surface area contributed by atoms with Crippen LogP contribution in [0.2, 0.25) is 0 Å². The van der Waals surface area contributed by atoms with Crippen molar-refractivity contribution in [1.29, 1.82) is 0 Å². The summed E-state index contributed by atoms with van der Waals surface area (Å²) in [4.78, 5) is 4.61. The van der Waals surface area contributed by atoms with E-state index in [2.05, 4.69) is 29.5 Å². The number of guanidine groups is 1. The first-order chi connectivity index (χ1) is 11.4. The average Bonchev–Trinajstić information content (AvgIpc) is 2.53. The number of aliphatic imine (C=N–C) groups is 1. The zero-order valence-electron chi connectivity index (χ0n) is 15.3. The van der Waals surface area contributed by atoms with Crippen molar-refractivity contribution in [2.24, 2.45) is 4.99 Å². The van der Waals surface area contributed by atoms with Crippen molar-refractivity contribution in [3.05, 3.63) is 29.8 Å². The fourth-order valence-corrected chi connectivity index (χ4v) is 3.06. The minimum Gasteiger partial charge on any atom is -0.356 e. The summed E-state index contributed by atoms with van der Waals surface area (Å²) in [5.74, 6) is 0.812. The van der Waals surface area contributed by atoms with Crippen LogP contribution < -0.4 is 10.6 Å². The minimum absolute atomic E-state index is 0.359. The molecule has 0 aromatic heterocycles. The molecule has 0 aliphatic carbocycles. The molecule has 0 amide bonds. The fourth-order valence-electron chi connectivity index (χ4n) is 2.43. The second kappa shape index (κ2) is 10.3. The maximum atomic E-state index is 11.4. The van der Waals surface area contributed by atoms with E-state index < -0.39 is 9.84 Å². The molecule has 1 atom stereocenters. The van der Waals surface area contributed by atoms with Gasteiger partial charge in [-0.1, -0.05) is 38.3 Å². The first-order valence-electron chi connectivity index (χ1n) is 8.63. The molecule has 1 aromatic rings. The Labute approximate surface area is 146 Å². The van der Waals surface area contributed by atoms with E-state index in [9.17, 15) is 8.42 Å². The molecule has 6 heteroatoms. The van der Waals surface area contributed by atoms with Gasteiger partial charge in [-0.15, -0.1) is 0 Å². The molecule has 136 valence electrons. The lowest BCUT2D eigenvalue weighted by atomic mass is 10.1. The van der Waals surface area contributed by atoms with E-state index in [1.54, 1.807) is 19.2 Å². The van der Waals surface area contributed by atoms with Gasteiger partial charge in [-0.25, -0.2) is 8.42 Å². The van der Waals surface area contributed by atoms with Crippen LogP contribution >= 0.6 is 0 Å². The molecule has 0 heterocycles. The third kappa shape index (κ3) is 7.81. The van der Waals surface area contributed by atoms with Crippen molar-refractivity contribution < 1.29 is 8.42 Å². The van der Waals surface area contributed by atoms with Crippen LogP contribution in [0.1, 0.15) is 45.1 Å². The summed E-state index contributed by atoms with van der Waals surface area (Å²) >= 11 is 0. The van der Waals surface area contributed by atoms with Crippen LogP contribution in [0, 0.1) is 0 Å². The lowest BCUT2D eigenvalue weighted by Crippen LogP contribution is -2.42. The SMILES string of the molecule is CCCCCC(C)NC(=NC)NCCc1ccc(S(C)(=O)=O)cc1. The Bertz CT molecular complexity index is 610. The van der Waals surface area contributed by atoms with E-state index in [-0.39, 0.29) is 0 Å². The second-order valence-electron chi connectivity index (χ2n) is 6.21. The molecule has 0 saturated heterocycles. The number of benzene rings is 1. The zero-order chi connectivity index (χ0) is 18.0. The summed E-state index contributed by atoms with van der Waals surface area (Å²) in [5.41, 5.74) is 1.10. The zero-order valence-corrected chi connectivity index (χ0v) is 16.1. The molecule has 0 aliphatic rings. The van der Waals surface area contributed by atoms with Crippen molar-refractivity contribution in [1.82, 2.24) is 10.6 Å². The van der Waals surface area contributed by atoms with Gasteiger partial charge in [-0.3, -0.25) is 4.99 Å². The summed E-state index contributed by atoms with van der Waals surface area (Å²) in [6.45, 7) is 5.13. The summed E-state index contributed by atoms with van der Waals surface area (Å²) < 4.78 is 22.9. The van der Waals surface area contributed by atoms with Crippen molar-refractivity contribution >= 4 is 15.8 Å². The van der Waals surface area contributed by atoms with Crippen LogP contribution in [0.3, 0.4) is 0 Å². The van der Waals surface area contributed by atoms with Gasteiger partial charge < -0.3 is 10.6 Å². The lowest BCUT2D eigenvalue weighted by Gasteiger charge is -2.17. The Morgan fingerprint density at radius 1 is 1.21 bits per heavy atom. The van der Waals surface area contributed by atoms with Gasteiger partial charge in [0.1, 0.15) is 0 Å². The highest BCUT2D eigenvalue weighted by atomic mass is 32.2. The molecular formula is C18H31N3O2S. The Morgan fingerprint density at radius 2 is 1.88 bits per heavy atom. The lowest BCUT2D eigenvalue weighted by molar-refractivity contribution is 0.547. The molecule has 5 nitrogen and oxygen atoms in total. The molecule has 0 saturated carbocycles. The molecule has 0 fully saturated rings. The van der Waals surface area contributed by atoms with Crippen LogP contribution in [0.15, 0.2) is 34.2 Å². The van der Waals surface area contributed by atoms with Gasteiger partial charge in [0, 0.05) is 25.9 Å². The summed E-state index contributed by atoms with van der Waals surface area (Å²) in [6.07, 6.45) is 6.91. The standard InChI is InChI=1S/C18H31N3O2S/c1-5-6-7-8-15(2)21-18(19-3)20-14-13-16-9-11-17(12-10-16)24(4,22)23/h9-12,15H,5-8,13-14H2,1-4H3,(H2,19,20,21). The van der Waals surface area contributed by atoms with E-state index in [1.165, 1.54) is 25.5 Å². The molecule has 0 aliphatic heterocycles. The predicted molar refractivity (Wildman–Crippen MR) is 101 cm³/mol. The van der Waals surface area contributed by atoms with Gasteiger partial charge in [0.25, 0.3) is 0 Å². The molecule has 0 spiro atoms. The minimum atomic E-state index is -3.13. The van der Waals surface area contributed by atoms with Gasteiger partial charge in [0.15, 0.2) is 15.8 Å². The second-order valence-corrected chi connectivity index (χ2v) is 8.22. The number of rotatable bonds is 9. The topological polar surface area (TPSA) is 70.6 Å². The highest BCUT2D eigenvalue weighted by Gasteiger charge is 2.07. The summed E-state index contributed by atoms with van der Waals surface area (Å²) in [6, 6.07) is 7.45. The van der Waals surface area contributed by atoms with E-state index in [0.717, 1.165) is 30.9 Å². The van der Waals surface area contributed by atoms with Crippen LogP contribution in [0.5, 0.6) is 0 Å². The van der Waals surface area contributed by atoms with E-state index in [0.29, 0.717) is 10.9 Å². The number of nitrogens with one attached hydrogen (secondary N) is 2. The number of hydrogen-bond donors (Lipinski definition) is 2. The molecular weight excluding hydrogens is 322 g/mol. The third-order valence-electron chi connectivity index (χ3n) is 3.91. The highest BCUT2D eigenvalue weighted by molar-refractivity contribution is 7.90. The van der Waals surface area contributed by atoms with Crippen LogP contribution in [0.4, 0.5) is 0 Å². The van der Waals surface area contributed by atoms with Crippen LogP contribution in [-0.4, -0.2) is 40.3 Å². The molecule has 0 bridgehead atoms. The molecule has 24 heavy (non-hydrogen) atoms. The highest BCUT2D eigenvalue weighted by Crippen LogP contribution is 2.10. The van der Waals surface area contributed by atoms with Crippen LogP contribution in [0.25, 0.3) is 0 Å². The average molecular weight is 354 g/mol. The molecule has 1 rings (SSSR count). The Balaban J connectivity index is 2.39. The van der Waals surface area contributed by atoms with Crippen molar-refractivity contribution in [2.45, 2.75) is 56.9 Å². The smallest absolute Gasteiger partial charge is 0.191 e. The third-order valence-corrected chi connectivity index (χ3v) is 5.03. The van der Waals surface area contributed by atoms with Crippen molar-refractivity contribution in [2.75, 3.05) is 19.8 Å². The molecule has 2 N–H and O–H groups in total. The first-order valence-corrected chi connectivity index (χ1v) is 10.5. The number of sulfone groups is 1. The van der Waals surface area contributed by atoms with Crippen LogP contribution in [-0.2, 0) is 16.3 Å². The van der Waals surface area contributed by atoms with Gasteiger partial charge in [-0.2, -0.15) is 0 Å². The number of hydrogen-bond acceptors (Lipinski definition) is 3. The van der Waals surface area contributed by atoms with Crippen molar-refractivity contribution in [3.63, 3.8) is 0 Å². The van der Waals surface area contributed by atoms with Gasteiger partial charge in [-0.05, 0) is 37.5 Å². The Morgan fingerprint density at radius 3 is 2.42 bits per heavy atom. The van der Waals surface area contributed by atoms with Crippen molar-refractivity contribution in [3.8, 4) is 0 Å². The number of unbranched alkanes of at least 4 members (excludes halogenated alkanes) is 2. The summed E-state index contributed by atoms with van der Waals surface area (Å²) in [7, 11) is -1.35. The van der Waals surface area contributed by atoms with Gasteiger partial charge in [0.2, 0.25) is 0 Å². The van der Waals surface area contributed by atoms with E-state index in [1.807, 2.05) is 12.1 Å². The maximum Gasteiger partial charge on any atom is 0.191 e. The monoisotopic (exact) mass is 353 g/mol. The quantitative estimate of drug-likeness (QED) is 0.407.